The number of rotatable bonds is 5. The summed E-state index contributed by atoms with van der Waals surface area (Å²) in [6, 6.07) is 9.07. The number of aryl methyl sites for hydroxylation is 1. The van der Waals surface area contributed by atoms with E-state index in [9.17, 15) is 14.4 Å². The minimum absolute atomic E-state index is 0.323. The predicted molar refractivity (Wildman–Crippen MR) is 90.1 cm³/mol. The van der Waals surface area contributed by atoms with E-state index in [1.165, 1.54) is 7.05 Å². The number of benzene rings is 1. The Hall–Kier alpha value is -3.16. The van der Waals surface area contributed by atoms with Crippen molar-refractivity contribution >= 4 is 17.9 Å². The largest absolute Gasteiger partial charge is 0.452 e. The molecule has 0 bridgehead atoms. The number of carbonyl (C=O) groups excluding carboxylic acids is 3. The highest BCUT2D eigenvalue weighted by Crippen LogP contribution is 2.16. The Kier molecular flexibility index (Phi) is 5.89. The van der Waals surface area contributed by atoms with E-state index in [1.54, 1.807) is 18.5 Å². The molecule has 25 heavy (non-hydrogen) atoms. The number of esters is 1. The number of nitrogens with zero attached hydrogens (tertiary/aromatic N) is 2. The van der Waals surface area contributed by atoms with Crippen LogP contribution in [0.1, 0.15) is 27.3 Å². The Labute approximate surface area is 145 Å². The molecule has 2 rings (SSSR count). The molecule has 8 nitrogen and oxygen atoms in total. The molecule has 2 aromatic rings. The maximum atomic E-state index is 12.3. The molecule has 1 aromatic carbocycles. The van der Waals surface area contributed by atoms with Crippen LogP contribution in [0, 0.1) is 13.8 Å². The van der Waals surface area contributed by atoms with Crippen molar-refractivity contribution in [3.8, 4) is 0 Å². The molecule has 2 N–H and O–H groups in total. The monoisotopic (exact) mass is 344 g/mol. The molecule has 0 saturated heterocycles. The summed E-state index contributed by atoms with van der Waals surface area (Å²) in [5.74, 6) is -1.36. The molecule has 8 heteroatoms. The molecule has 0 fully saturated rings. The molecule has 0 radical (unpaired) electrons. The lowest BCUT2D eigenvalue weighted by molar-refractivity contribution is -0.123. The molecule has 0 aliphatic rings. The van der Waals surface area contributed by atoms with Crippen LogP contribution in [0.4, 0.5) is 4.79 Å². The molecule has 3 amide bonds. The third-order valence-corrected chi connectivity index (χ3v) is 3.58. The highest BCUT2D eigenvalue weighted by atomic mass is 16.5. The standard InChI is InChI=1S/C17H20N4O4/c1-11-15(16(23)25-10-14(22)19-17(24)18-3)12(2)21(20-11)9-13-7-5-4-6-8-13/h4-8H,9-10H2,1-3H3,(H2,18,19,22,24). The first kappa shape index (κ1) is 18.2. The van der Waals surface area contributed by atoms with Crippen molar-refractivity contribution in [1.29, 1.82) is 0 Å². The first-order valence-electron chi connectivity index (χ1n) is 7.69. The number of amides is 3. The Morgan fingerprint density at radius 3 is 2.48 bits per heavy atom. The fourth-order valence-corrected chi connectivity index (χ4v) is 2.33. The van der Waals surface area contributed by atoms with Gasteiger partial charge in [-0.05, 0) is 19.4 Å². The molecule has 1 heterocycles. The lowest BCUT2D eigenvalue weighted by atomic mass is 10.2. The SMILES string of the molecule is CNC(=O)NC(=O)COC(=O)c1c(C)nn(Cc2ccccc2)c1C. The van der Waals surface area contributed by atoms with Crippen LogP contribution in [0.3, 0.4) is 0 Å². The molecule has 0 spiro atoms. The maximum Gasteiger partial charge on any atom is 0.342 e. The first-order valence-corrected chi connectivity index (χ1v) is 7.69. The summed E-state index contributed by atoms with van der Waals surface area (Å²) < 4.78 is 6.69. The molecule has 0 unspecified atom stereocenters. The van der Waals surface area contributed by atoms with E-state index in [1.807, 2.05) is 35.6 Å². The Morgan fingerprint density at radius 2 is 1.84 bits per heavy atom. The highest BCUT2D eigenvalue weighted by molar-refractivity contribution is 5.97. The molecular weight excluding hydrogens is 324 g/mol. The van der Waals surface area contributed by atoms with Gasteiger partial charge in [-0.2, -0.15) is 5.10 Å². The predicted octanol–water partition coefficient (Wildman–Crippen LogP) is 1.16. The van der Waals surface area contributed by atoms with Crippen LogP contribution in [0.25, 0.3) is 0 Å². The van der Waals surface area contributed by atoms with Gasteiger partial charge in [0.15, 0.2) is 6.61 Å². The van der Waals surface area contributed by atoms with Crippen LogP contribution in [0.15, 0.2) is 30.3 Å². The Balaban J connectivity index is 2.05. The van der Waals surface area contributed by atoms with Gasteiger partial charge in [-0.3, -0.25) is 14.8 Å². The van der Waals surface area contributed by atoms with Crippen LogP contribution in [0.2, 0.25) is 0 Å². The quantitative estimate of drug-likeness (QED) is 0.793. The van der Waals surface area contributed by atoms with E-state index >= 15 is 0 Å². The van der Waals surface area contributed by atoms with Gasteiger partial charge in [0.05, 0.1) is 17.9 Å². The molecular formula is C17H20N4O4. The van der Waals surface area contributed by atoms with Gasteiger partial charge in [-0.1, -0.05) is 30.3 Å². The van der Waals surface area contributed by atoms with Gasteiger partial charge in [0.1, 0.15) is 5.56 Å². The number of hydrogen-bond donors (Lipinski definition) is 2. The molecule has 0 saturated carbocycles. The van der Waals surface area contributed by atoms with Gasteiger partial charge in [0, 0.05) is 7.05 Å². The Bertz CT molecular complexity index is 783. The van der Waals surface area contributed by atoms with Crippen LogP contribution in [-0.2, 0) is 16.1 Å². The number of aromatic nitrogens is 2. The average Bonchev–Trinajstić information content (AvgIpc) is 2.87. The number of imide groups is 1. The fourth-order valence-electron chi connectivity index (χ4n) is 2.33. The van der Waals surface area contributed by atoms with Crippen molar-refractivity contribution in [2.45, 2.75) is 20.4 Å². The molecule has 0 atom stereocenters. The lowest BCUT2D eigenvalue weighted by Crippen LogP contribution is -2.39. The second kappa shape index (κ2) is 8.09. The third-order valence-electron chi connectivity index (χ3n) is 3.58. The number of carbonyl (C=O) groups is 3. The van der Waals surface area contributed by atoms with Crippen LogP contribution < -0.4 is 10.6 Å². The number of ether oxygens (including phenoxy) is 1. The van der Waals surface area contributed by atoms with E-state index in [0.29, 0.717) is 23.5 Å². The van der Waals surface area contributed by atoms with Gasteiger partial charge in [0.2, 0.25) is 0 Å². The summed E-state index contributed by atoms with van der Waals surface area (Å²) in [5.41, 5.74) is 2.55. The average molecular weight is 344 g/mol. The van der Waals surface area contributed by atoms with Gasteiger partial charge in [-0.25, -0.2) is 9.59 Å². The number of urea groups is 1. The van der Waals surface area contributed by atoms with Crippen molar-refractivity contribution in [2.24, 2.45) is 0 Å². The van der Waals surface area contributed by atoms with Crippen molar-refractivity contribution in [2.75, 3.05) is 13.7 Å². The molecule has 132 valence electrons. The van der Waals surface area contributed by atoms with Crippen molar-refractivity contribution < 1.29 is 19.1 Å². The van der Waals surface area contributed by atoms with Crippen LogP contribution >= 0.6 is 0 Å². The van der Waals surface area contributed by atoms with E-state index in [2.05, 4.69) is 10.4 Å². The van der Waals surface area contributed by atoms with Crippen molar-refractivity contribution in [3.05, 3.63) is 52.8 Å². The van der Waals surface area contributed by atoms with Gasteiger partial charge < -0.3 is 10.1 Å². The first-order chi connectivity index (χ1) is 11.9. The van der Waals surface area contributed by atoms with E-state index in [-0.39, 0.29) is 0 Å². The van der Waals surface area contributed by atoms with Crippen molar-refractivity contribution in [3.63, 3.8) is 0 Å². The summed E-state index contributed by atoms with van der Waals surface area (Å²) in [5, 5.41) is 8.62. The minimum Gasteiger partial charge on any atom is -0.452 e. The second-order valence-electron chi connectivity index (χ2n) is 5.39. The molecule has 0 aliphatic heterocycles. The highest BCUT2D eigenvalue weighted by Gasteiger charge is 2.21. The second-order valence-corrected chi connectivity index (χ2v) is 5.39. The summed E-state index contributed by atoms with van der Waals surface area (Å²) in [4.78, 5) is 34.8. The summed E-state index contributed by atoms with van der Waals surface area (Å²) in [6.07, 6.45) is 0. The van der Waals surface area contributed by atoms with Crippen LogP contribution in [-0.4, -0.2) is 41.3 Å². The van der Waals surface area contributed by atoms with Crippen molar-refractivity contribution in [1.82, 2.24) is 20.4 Å². The zero-order valence-corrected chi connectivity index (χ0v) is 14.3. The van der Waals surface area contributed by atoms with E-state index in [0.717, 1.165) is 5.56 Å². The molecule has 1 aromatic heterocycles. The summed E-state index contributed by atoms with van der Waals surface area (Å²) in [6.45, 7) is 3.45. The van der Waals surface area contributed by atoms with Crippen LogP contribution in [0.5, 0.6) is 0 Å². The van der Waals surface area contributed by atoms with E-state index < -0.39 is 24.5 Å². The smallest absolute Gasteiger partial charge is 0.342 e. The number of hydrogen-bond acceptors (Lipinski definition) is 5. The van der Waals surface area contributed by atoms with Gasteiger partial charge >= 0.3 is 12.0 Å². The fraction of sp³-hybridized carbons (Fsp3) is 0.294. The third kappa shape index (κ3) is 4.66. The van der Waals surface area contributed by atoms with E-state index in [4.69, 9.17) is 4.74 Å². The summed E-state index contributed by atoms with van der Waals surface area (Å²) in [7, 11) is 1.38. The lowest BCUT2D eigenvalue weighted by Gasteiger charge is -2.07. The maximum absolute atomic E-state index is 12.3. The topological polar surface area (TPSA) is 102 Å². The van der Waals surface area contributed by atoms with Gasteiger partial charge in [0.25, 0.3) is 5.91 Å². The van der Waals surface area contributed by atoms with Gasteiger partial charge in [-0.15, -0.1) is 0 Å². The normalized spacial score (nSPS) is 10.2. The number of nitrogens with one attached hydrogen (secondary N) is 2. The zero-order chi connectivity index (χ0) is 18.4. The molecule has 0 aliphatic carbocycles. The summed E-state index contributed by atoms with van der Waals surface area (Å²) >= 11 is 0. The minimum atomic E-state index is -0.709. The zero-order valence-electron chi connectivity index (χ0n) is 14.3. The Morgan fingerprint density at radius 1 is 1.16 bits per heavy atom.